The zero-order chi connectivity index (χ0) is 13.6. The first-order valence-electron chi connectivity index (χ1n) is 5.20. The van der Waals surface area contributed by atoms with E-state index in [0.29, 0.717) is 10.6 Å². The lowest BCUT2D eigenvalue weighted by Crippen LogP contribution is -2.18. The van der Waals surface area contributed by atoms with Crippen molar-refractivity contribution >= 4 is 27.3 Å². The predicted octanol–water partition coefficient (Wildman–Crippen LogP) is 1.38. The zero-order valence-electron chi connectivity index (χ0n) is 9.58. The molecular weight excluding hydrogens is 278 g/mol. The fourth-order valence-electron chi connectivity index (χ4n) is 1.43. The van der Waals surface area contributed by atoms with Crippen molar-refractivity contribution in [1.29, 1.82) is 0 Å². The standard InChI is InChI=1S/C11H14ClNO4S/c12-10-3-1-2-9(6-10)7-18(17,8-11(15)16)13-4-5-14/h1-3,6,14H,4-5,7-8H2,(H,15,16). The summed E-state index contributed by atoms with van der Waals surface area (Å²) in [4.78, 5) is 10.7. The second-order valence-corrected chi connectivity index (χ2v) is 6.48. The molecule has 0 aliphatic rings. The Morgan fingerprint density at radius 1 is 1.44 bits per heavy atom. The van der Waals surface area contributed by atoms with Gasteiger partial charge < -0.3 is 10.2 Å². The van der Waals surface area contributed by atoms with Gasteiger partial charge in [0.25, 0.3) is 0 Å². The molecule has 0 amide bonds. The van der Waals surface area contributed by atoms with Gasteiger partial charge in [0.15, 0.2) is 0 Å². The summed E-state index contributed by atoms with van der Waals surface area (Å²) in [7, 11) is -2.91. The van der Waals surface area contributed by atoms with Crippen LogP contribution in [0.2, 0.25) is 5.02 Å². The Hall–Kier alpha value is -1.11. The zero-order valence-corrected chi connectivity index (χ0v) is 11.2. The second-order valence-electron chi connectivity index (χ2n) is 3.66. The molecule has 2 N–H and O–H groups in total. The van der Waals surface area contributed by atoms with Gasteiger partial charge in [-0.05, 0) is 17.7 Å². The van der Waals surface area contributed by atoms with E-state index < -0.39 is 21.5 Å². The third kappa shape index (κ3) is 5.03. The van der Waals surface area contributed by atoms with E-state index in [4.69, 9.17) is 21.8 Å². The lowest BCUT2D eigenvalue weighted by atomic mass is 10.2. The summed E-state index contributed by atoms with van der Waals surface area (Å²) in [5.74, 6) is -1.71. The summed E-state index contributed by atoms with van der Waals surface area (Å²) >= 11 is 5.80. The lowest BCUT2D eigenvalue weighted by molar-refractivity contribution is -0.134. The van der Waals surface area contributed by atoms with E-state index in [0.717, 1.165) is 0 Å². The maximum atomic E-state index is 12.3. The van der Waals surface area contributed by atoms with E-state index in [1.807, 2.05) is 0 Å². The molecule has 0 aliphatic carbocycles. The number of carbonyl (C=O) groups is 1. The molecule has 1 unspecified atom stereocenters. The van der Waals surface area contributed by atoms with E-state index in [9.17, 15) is 9.00 Å². The average Bonchev–Trinajstić information content (AvgIpc) is 2.25. The molecule has 7 heteroatoms. The number of nitrogens with zero attached hydrogens (tertiary/aromatic N) is 1. The van der Waals surface area contributed by atoms with Gasteiger partial charge in [-0.15, -0.1) is 0 Å². The van der Waals surface area contributed by atoms with Gasteiger partial charge in [0.2, 0.25) is 0 Å². The number of aliphatic hydroxyl groups is 1. The topological polar surface area (TPSA) is 87.0 Å². The number of aliphatic hydroxyl groups excluding tert-OH is 1. The van der Waals surface area contributed by atoms with Crippen molar-refractivity contribution in [2.45, 2.75) is 5.75 Å². The Bertz CT molecular complexity index is 538. The Balaban J connectivity index is 2.98. The maximum Gasteiger partial charge on any atom is 0.317 e. The van der Waals surface area contributed by atoms with Crippen LogP contribution in [0.15, 0.2) is 28.6 Å². The Labute approximate surface area is 111 Å². The predicted molar refractivity (Wildman–Crippen MR) is 70.2 cm³/mol. The molecule has 0 saturated carbocycles. The maximum absolute atomic E-state index is 12.3. The fraction of sp³-hybridized carbons (Fsp3) is 0.364. The molecule has 0 saturated heterocycles. The number of carboxylic acids is 1. The molecule has 1 aromatic carbocycles. The van der Waals surface area contributed by atoms with Crippen molar-refractivity contribution in [2.24, 2.45) is 4.36 Å². The molecule has 18 heavy (non-hydrogen) atoms. The smallest absolute Gasteiger partial charge is 0.317 e. The highest BCUT2D eigenvalue weighted by molar-refractivity contribution is 7.93. The molecule has 0 fully saturated rings. The Morgan fingerprint density at radius 2 is 2.17 bits per heavy atom. The van der Waals surface area contributed by atoms with Gasteiger partial charge in [-0.1, -0.05) is 23.7 Å². The van der Waals surface area contributed by atoms with Gasteiger partial charge in [0, 0.05) is 5.02 Å². The highest BCUT2D eigenvalue weighted by Gasteiger charge is 2.15. The first-order valence-corrected chi connectivity index (χ1v) is 7.44. The summed E-state index contributed by atoms with van der Waals surface area (Å²) in [5, 5.41) is 17.9. The lowest BCUT2D eigenvalue weighted by Gasteiger charge is -2.08. The number of benzene rings is 1. The van der Waals surface area contributed by atoms with Crippen LogP contribution in [-0.2, 0) is 20.3 Å². The summed E-state index contributed by atoms with van der Waals surface area (Å²) in [6.07, 6.45) is 0. The molecule has 0 spiro atoms. The van der Waals surface area contributed by atoms with Crippen LogP contribution >= 0.6 is 11.6 Å². The molecule has 0 bridgehead atoms. The van der Waals surface area contributed by atoms with Gasteiger partial charge >= 0.3 is 5.97 Å². The van der Waals surface area contributed by atoms with Crippen molar-refractivity contribution in [3.05, 3.63) is 34.9 Å². The van der Waals surface area contributed by atoms with Gasteiger partial charge in [0.1, 0.15) is 5.75 Å². The normalized spacial score (nSPS) is 13.9. The number of hydrogen-bond acceptors (Lipinski definition) is 4. The minimum Gasteiger partial charge on any atom is -0.481 e. The number of aliphatic carboxylic acids is 1. The average molecular weight is 292 g/mol. The van der Waals surface area contributed by atoms with Gasteiger partial charge in [-0.2, -0.15) is 0 Å². The summed E-state index contributed by atoms with van der Waals surface area (Å²) in [6, 6.07) is 6.71. The van der Waals surface area contributed by atoms with E-state index >= 15 is 0 Å². The molecule has 0 aromatic heterocycles. The van der Waals surface area contributed by atoms with Crippen LogP contribution in [0.1, 0.15) is 5.56 Å². The quantitative estimate of drug-likeness (QED) is 0.829. The Morgan fingerprint density at radius 3 is 2.72 bits per heavy atom. The Kier molecular flexibility index (Phi) is 5.58. The van der Waals surface area contributed by atoms with Crippen molar-refractivity contribution in [3.8, 4) is 0 Å². The van der Waals surface area contributed by atoms with Crippen LogP contribution in [0, 0.1) is 0 Å². The second kappa shape index (κ2) is 6.72. The van der Waals surface area contributed by atoms with Crippen molar-refractivity contribution < 1.29 is 19.2 Å². The first kappa shape index (κ1) is 14.9. The molecule has 1 rings (SSSR count). The molecule has 0 aliphatic heterocycles. The molecular formula is C11H14ClNO4S. The third-order valence-electron chi connectivity index (χ3n) is 2.06. The van der Waals surface area contributed by atoms with Crippen LogP contribution in [-0.4, -0.2) is 39.3 Å². The van der Waals surface area contributed by atoms with Gasteiger partial charge in [0.05, 0.1) is 28.6 Å². The number of carboxylic acid groups (broad SMARTS) is 1. The number of halogens is 1. The highest BCUT2D eigenvalue weighted by atomic mass is 35.5. The molecule has 1 atom stereocenters. The highest BCUT2D eigenvalue weighted by Crippen LogP contribution is 2.15. The van der Waals surface area contributed by atoms with E-state index in [-0.39, 0.29) is 18.9 Å². The summed E-state index contributed by atoms with van der Waals surface area (Å²) < 4.78 is 16.1. The van der Waals surface area contributed by atoms with E-state index in [1.54, 1.807) is 24.3 Å². The summed E-state index contributed by atoms with van der Waals surface area (Å²) in [5.41, 5.74) is 0.662. The van der Waals surface area contributed by atoms with Crippen LogP contribution < -0.4 is 0 Å². The molecule has 0 radical (unpaired) electrons. The van der Waals surface area contributed by atoms with Crippen LogP contribution in [0.25, 0.3) is 0 Å². The van der Waals surface area contributed by atoms with Crippen LogP contribution in [0.4, 0.5) is 0 Å². The van der Waals surface area contributed by atoms with Gasteiger partial charge in [-0.3, -0.25) is 4.79 Å². The molecule has 100 valence electrons. The number of hydrogen-bond donors (Lipinski definition) is 2. The minimum absolute atomic E-state index is 0.0137. The first-order chi connectivity index (χ1) is 8.45. The molecule has 1 aromatic rings. The molecule has 5 nitrogen and oxygen atoms in total. The minimum atomic E-state index is -2.91. The SMILES string of the molecule is O=C(O)CS(=O)(Cc1cccc(Cl)c1)=NCCO. The van der Waals surface area contributed by atoms with E-state index in [1.165, 1.54) is 0 Å². The van der Waals surface area contributed by atoms with Crippen molar-refractivity contribution in [2.75, 3.05) is 18.9 Å². The van der Waals surface area contributed by atoms with Crippen LogP contribution in [0.3, 0.4) is 0 Å². The largest absolute Gasteiger partial charge is 0.481 e. The molecule has 0 heterocycles. The van der Waals surface area contributed by atoms with Gasteiger partial charge in [-0.25, -0.2) is 8.57 Å². The third-order valence-corrected chi connectivity index (χ3v) is 4.43. The monoisotopic (exact) mass is 291 g/mol. The number of rotatable bonds is 6. The fourth-order valence-corrected chi connectivity index (χ4v) is 3.43. The van der Waals surface area contributed by atoms with Crippen molar-refractivity contribution in [1.82, 2.24) is 0 Å². The van der Waals surface area contributed by atoms with Crippen molar-refractivity contribution in [3.63, 3.8) is 0 Å². The van der Waals surface area contributed by atoms with E-state index in [2.05, 4.69) is 4.36 Å². The van der Waals surface area contributed by atoms with Crippen LogP contribution in [0.5, 0.6) is 0 Å². The summed E-state index contributed by atoms with van der Waals surface area (Å²) in [6.45, 7) is -0.293.